The molecule has 3 aromatic rings. The number of nitrogens with one attached hydrogen (secondary N) is 1. The van der Waals surface area contributed by atoms with Crippen molar-refractivity contribution in [2.24, 2.45) is 0 Å². The van der Waals surface area contributed by atoms with Gasteiger partial charge in [0.2, 0.25) is 0 Å². The second-order valence-electron chi connectivity index (χ2n) is 5.37. The molecule has 0 bridgehead atoms. The fourth-order valence-corrected chi connectivity index (χ4v) is 4.19. The number of Topliss-reactive ketones (excluding diaryl/α,β-unsaturated/α-hetero) is 1. The summed E-state index contributed by atoms with van der Waals surface area (Å²) in [5.74, 6) is 0.261. The molecule has 24 heavy (non-hydrogen) atoms. The molecule has 0 fully saturated rings. The first-order chi connectivity index (χ1) is 11.5. The van der Waals surface area contributed by atoms with Crippen LogP contribution in [0.3, 0.4) is 0 Å². The van der Waals surface area contributed by atoms with E-state index in [0.717, 1.165) is 10.4 Å². The van der Waals surface area contributed by atoms with Gasteiger partial charge in [-0.2, -0.15) is 0 Å². The maximum atomic E-state index is 13.6. The molecule has 0 atom stereocenters. The van der Waals surface area contributed by atoms with Crippen LogP contribution in [0.15, 0.2) is 29.1 Å². The summed E-state index contributed by atoms with van der Waals surface area (Å²) in [6, 6.07) is 5.93. The SMILES string of the molecule is Cc1sc2nc(CSCC(=O)c3ccccc3F)[nH]c(=O)c2c1C. The van der Waals surface area contributed by atoms with Gasteiger partial charge in [0.1, 0.15) is 16.5 Å². The highest BCUT2D eigenvalue weighted by atomic mass is 32.2. The second-order valence-corrected chi connectivity index (χ2v) is 7.56. The number of aromatic amines is 1. The van der Waals surface area contributed by atoms with E-state index in [1.54, 1.807) is 12.1 Å². The van der Waals surface area contributed by atoms with Crippen LogP contribution < -0.4 is 5.56 Å². The number of aryl methyl sites for hydroxylation is 2. The van der Waals surface area contributed by atoms with Crippen LogP contribution in [0.5, 0.6) is 0 Å². The summed E-state index contributed by atoms with van der Waals surface area (Å²) in [4.78, 5) is 33.2. The first kappa shape index (κ1) is 16.9. The van der Waals surface area contributed by atoms with Gasteiger partial charge in [0, 0.05) is 4.88 Å². The Morgan fingerprint density at radius 1 is 1.33 bits per heavy atom. The average Bonchev–Trinajstić information content (AvgIpc) is 2.82. The molecule has 0 saturated heterocycles. The molecule has 0 spiro atoms. The standard InChI is InChI=1S/C17H15FN2O2S2/c1-9-10(2)24-17-15(9)16(22)19-14(20-17)8-23-7-13(21)11-5-3-4-6-12(11)18/h3-6H,7-8H2,1-2H3,(H,19,20,22). The van der Waals surface area contributed by atoms with Crippen LogP contribution in [0.2, 0.25) is 0 Å². The summed E-state index contributed by atoms with van der Waals surface area (Å²) in [5.41, 5.74) is 0.891. The lowest BCUT2D eigenvalue weighted by molar-refractivity contribution is 0.101. The molecule has 0 aliphatic rings. The highest BCUT2D eigenvalue weighted by molar-refractivity contribution is 7.99. The highest BCUT2D eigenvalue weighted by Crippen LogP contribution is 2.26. The number of hydrogen-bond donors (Lipinski definition) is 1. The summed E-state index contributed by atoms with van der Waals surface area (Å²) in [7, 11) is 0. The lowest BCUT2D eigenvalue weighted by Crippen LogP contribution is -2.11. The number of halogens is 1. The lowest BCUT2D eigenvalue weighted by atomic mass is 10.1. The minimum Gasteiger partial charge on any atom is -0.309 e. The number of H-pyrrole nitrogens is 1. The van der Waals surface area contributed by atoms with Gasteiger partial charge in [0.15, 0.2) is 5.78 Å². The number of nitrogens with zero attached hydrogens (tertiary/aromatic N) is 1. The summed E-state index contributed by atoms with van der Waals surface area (Å²) >= 11 is 2.79. The molecular formula is C17H15FN2O2S2. The van der Waals surface area contributed by atoms with Gasteiger partial charge in [-0.3, -0.25) is 9.59 Å². The minimum absolute atomic E-state index is 0.0893. The Kier molecular flexibility index (Phi) is 4.82. The van der Waals surface area contributed by atoms with E-state index in [-0.39, 0.29) is 22.7 Å². The van der Waals surface area contributed by atoms with Crippen molar-refractivity contribution in [3.8, 4) is 0 Å². The Morgan fingerprint density at radius 2 is 2.08 bits per heavy atom. The van der Waals surface area contributed by atoms with Gasteiger partial charge in [-0.1, -0.05) is 12.1 Å². The fourth-order valence-electron chi connectivity index (χ4n) is 2.37. The van der Waals surface area contributed by atoms with E-state index < -0.39 is 5.82 Å². The Labute approximate surface area is 146 Å². The van der Waals surface area contributed by atoms with E-state index in [9.17, 15) is 14.0 Å². The third kappa shape index (κ3) is 3.27. The predicted molar refractivity (Wildman–Crippen MR) is 96.6 cm³/mol. The number of carbonyl (C=O) groups is 1. The Hall–Kier alpha value is -1.99. The van der Waals surface area contributed by atoms with Crippen molar-refractivity contribution in [2.45, 2.75) is 19.6 Å². The number of thioether (sulfide) groups is 1. The molecule has 2 heterocycles. The molecule has 4 nitrogen and oxygen atoms in total. The van der Waals surface area contributed by atoms with Gasteiger partial charge in [-0.15, -0.1) is 23.1 Å². The molecule has 0 aliphatic carbocycles. The Morgan fingerprint density at radius 3 is 2.83 bits per heavy atom. The lowest BCUT2D eigenvalue weighted by Gasteiger charge is -2.03. The van der Waals surface area contributed by atoms with Gasteiger partial charge >= 0.3 is 0 Å². The van der Waals surface area contributed by atoms with Crippen molar-refractivity contribution in [3.05, 3.63) is 62.3 Å². The number of hydrogen-bond acceptors (Lipinski definition) is 5. The van der Waals surface area contributed by atoms with E-state index in [2.05, 4.69) is 9.97 Å². The van der Waals surface area contributed by atoms with Gasteiger partial charge in [0.05, 0.1) is 22.5 Å². The number of thiophene rings is 1. The zero-order chi connectivity index (χ0) is 17.3. The second kappa shape index (κ2) is 6.86. The largest absolute Gasteiger partial charge is 0.309 e. The van der Waals surface area contributed by atoms with Crippen molar-refractivity contribution in [1.29, 1.82) is 0 Å². The normalized spacial score (nSPS) is 11.1. The smallest absolute Gasteiger partial charge is 0.259 e. The van der Waals surface area contributed by atoms with Crippen LogP contribution in [-0.2, 0) is 5.75 Å². The summed E-state index contributed by atoms with van der Waals surface area (Å²) in [6.07, 6.45) is 0. The maximum absolute atomic E-state index is 13.6. The first-order valence-corrected chi connectivity index (χ1v) is 9.29. The van der Waals surface area contributed by atoms with E-state index >= 15 is 0 Å². The molecule has 0 radical (unpaired) electrons. The molecule has 7 heteroatoms. The first-order valence-electron chi connectivity index (χ1n) is 7.31. The number of benzene rings is 1. The number of fused-ring (bicyclic) bond motifs is 1. The number of ketones is 1. The third-order valence-corrected chi connectivity index (χ3v) is 5.78. The van der Waals surface area contributed by atoms with Crippen molar-refractivity contribution < 1.29 is 9.18 Å². The zero-order valence-corrected chi connectivity index (χ0v) is 14.8. The quantitative estimate of drug-likeness (QED) is 0.700. The van der Waals surface area contributed by atoms with E-state index in [1.807, 2.05) is 13.8 Å². The van der Waals surface area contributed by atoms with Gasteiger partial charge in [-0.25, -0.2) is 9.37 Å². The molecule has 124 valence electrons. The average molecular weight is 362 g/mol. The van der Waals surface area contributed by atoms with Gasteiger partial charge in [0.25, 0.3) is 5.56 Å². The van der Waals surface area contributed by atoms with Crippen molar-refractivity contribution in [1.82, 2.24) is 9.97 Å². The van der Waals surface area contributed by atoms with E-state index in [0.29, 0.717) is 21.8 Å². The van der Waals surface area contributed by atoms with Crippen LogP contribution in [0.4, 0.5) is 4.39 Å². The topological polar surface area (TPSA) is 62.8 Å². The van der Waals surface area contributed by atoms with Crippen molar-refractivity contribution in [3.63, 3.8) is 0 Å². The molecule has 1 aromatic carbocycles. The highest BCUT2D eigenvalue weighted by Gasteiger charge is 2.13. The molecule has 0 amide bonds. The summed E-state index contributed by atoms with van der Waals surface area (Å²) in [6.45, 7) is 3.87. The van der Waals surface area contributed by atoms with E-state index in [1.165, 1.54) is 35.2 Å². The van der Waals surface area contributed by atoms with E-state index in [4.69, 9.17) is 0 Å². The number of carbonyl (C=O) groups excluding carboxylic acids is 1. The molecule has 1 N–H and O–H groups in total. The third-order valence-electron chi connectivity index (χ3n) is 3.73. The summed E-state index contributed by atoms with van der Waals surface area (Å²) < 4.78 is 13.6. The molecular weight excluding hydrogens is 347 g/mol. The molecule has 3 rings (SSSR count). The minimum atomic E-state index is -0.513. The predicted octanol–water partition coefficient (Wildman–Crippen LogP) is 3.86. The zero-order valence-electron chi connectivity index (χ0n) is 13.2. The summed E-state index contributed by atoms with van der Waals surface area (Å²) in [5, 5.41) is 0.633. The van der Waals surface area contributed by atoms with Crippen LogP contribution in [0.25, 0.3) is 10.2 Å². The van der Waals surface area contributed by atoms with Crippen LogP contribution in [0.1, 0.15) is 26.6 Å². The number of rotatable bonds is 5. The maximum Gasteiger partial charge on any atom is 0.259 e. The van der Waals surface area contributed by atoms with Crippen LogP contribution >= 0.6 is 23.1 Å². The molecule has 0 saturated carbocycles. The molecule has 2 aromatic heterocycles. The van der Waals surface area contributed by atoms with Crippen LogP contribution in [-0.4, -0.2) is 21.5 Å². The Balaban J connectivity index is 1.71. The van der Waals surface area contributed by atoms with Crippen molar-refractivity contribution in [2.75, 3.05) is 5.75 Å². The molecule has 0 unspecified atom stereocenters. The molecule has 0 aliphatic heterocycles. The number of aromatic nitrogens is 2. The van der Waals surface area contributed by atoms with Crippen molar-refractivity contribution >= 4 is 39.1 Å². The van der Waals surface area contributed by atoms with Crippen LogP contribution in [0, 0.1) is 19.7 Å². The van der Waals surface area contributed by atoms with Gasteiger partial charge in [-0.05, 0) is 31.5 Å². The monoisotopic (exact) mass is 362 g/mol. The fraction of sp³-hybridized carbons (Fsp3) is 0.235. The Bertz CT molecular complexity index is 978. The van der Waals surface area contributed by atoms with Gasteiger partial charge < -0.3 is 4.98 Å².